The molecule has 9 nitrogen and oxygen atoms in total. The van der Waals surface area contributed by atoms with E-state index in [2.05, 4.69) is 56.8 Å². The van der Waals surface area contributed by atoms with Crippen LogP contribution in [0.25, 0.3) is 33.5 Å². The maximum Gasteiger partial charge on any atom is 0.356 e. The number of rotatable bonds is 7. The molecule has 2 aromatic carbocycles. The zero-order valence-corrected chi connectivity index (χ0v) is 18.9. The topological polar surface area (TPSA) is 122 Å². The zero-order chi connectivity index (χ0) is 23.7. The summed E-state index contributed by atoms with van der Waals surface area (Å²) < 4.78 is 1.99. The lowest BCUT2D eigenvalue weighted by molar-refractivity contribution is 0.0692. The van der Waals surface area contributed by atoms with Gasteiger partial charge in [-0.05, 0) is 46.0 Å². The van der Waals surface area contributed by atoms with Gasteiger partial charge in [0.15, 0.2) is 11.5 Å². The van der Waals surface area contributed by atoms with Crippen molar-refractivity contribution >= 4 is 17.0 Å². The molecule has 5 rings (SSSR count). The second-order valence-electron chi connectivity index (χ2n) is 8.15. The van der Waals surface area contributed by atoms with Gasteiger partial charge in [-0.25, -0.2) is 19.9 Å². The van der Waals surface area contributed by atoms with Crippen LogP contribution in [0.1, 0.15) is 40.8 Å². The molecule has 3 heterocycles. The largest absolute Gasteiger partial charge is 0.476 e. The number of hydrogen-bond acceptors (Lipinski definition) is 6. The van der Waals surface area contributed by atoms with Crippen LogP contribution in [0.3, 0.4) is 0 Å². The number of aromatic carboxylic acids is 1. The maximum atomic E-state index is 11.9. The van der Waals surface area contributed by atoms with Crippen molar-refractivity contribution < 1.29 is 9.90 Å². The number of aromatic amines is 1. The van der Waals surface area contributed by atoms with E-state index in [0.29, 0.717) is 23.4 Å². The number of aryl methyl sites for hydroxylation is 2. The summed E-state index contributed by atoms with van der Waals surface area (Å²) in [4.78, 5) is 20.9. The summed E-state index contributed by atoms with van der Waals surface area (Å²) in [6, 6.07) is 16.1. The molecule has 0 spiro atoms. The lowest BCUT2D eigenvalue weighted by Crippen LogP contribution is -2.10. The van der Waals surface area contributed by atoms with Gasteiger partial charge >= 0.3 is 5.97 Å². The Bertz CT molecular complexity index is 1470. The third kappa shape index (κ3) is 3.81. The summed E-state index contributed by atoms with van der Waals surface area (Å²) in [7, 11) is 0. The summed E-state index contributed by atoms with van der Waals surface area (Å²) in [5.74, 6) is 0.421. The van der Waals surface area contributed by atoms with E-state index in [9.17, 15) is 9.90 Å². The molecule has 34 heavy (non-hydrogen) atoms. The molecule has 0 aliphatic rings. The molecule has 0 aliphatic heterocycles. The molecule has 0 radical (unpaired) electrons. The lowest BCUT2D eigenvalue weighted by Gasteiger charge is -2.12. The molecule has 9 heteroatoms. The normalized spacial score (nSPS) is 11.2. The van der Waals surface area contributed by atoms with Gasteiger partial charge in [0, 0.05) is 24.7 Å². The van der Waals surface area contributed by atoms with E-state index in [0.717, 1.165) is 46.5 Å². The first kappa shape index (κ1) is 21.4. The molecule has 0 atom stereocenters. The number of carboxylic acid groups (broad SMARTS) is 1. The summed E-state index contributed by atoms with van der Waals surface area (Å²) in [5, 5.41) is 24.0. The minimum atomic E-state index is -1.05. The maximum absolute atomic E-state index is 11.9. The van der Waals surface area contributed by atoms with Gasteiger partial charge in [0.1, 0.15) is 11.3 Å². The van der Waals surface area contributed by atoms with Crippen LogP contribution >= 0.6 is 0 Å². The first-order chi connectivity index (χ1) is 16.6. The number of tetrazole rings is 1. The smallest absolute Gasteiger partial charge is 0.356 e. The molecular weight excluding hydrogens is 430 g/mol. The summed E-state index contributed by atoms with van der Waals surface area (Å²) in [6.07, 6.45) is 3.24. The van der Waals surface area contributed by atoms with Gasteiger partial charge in [-0.3, -0.25) is 0 Å². The van der Waals surface area contributed by atoms with E-state index >= 15 is 0 Å². The van der Waals surface area contributed by atoms with Gasteiger partial charge in [0.25, 0.3) is 0 Å². The fourth-order valence-electron chi connectivity index (χ4n) is 4.23. The number of nitrogens with one attached hydrogen (secondary N) is 1. The predicted octanol–water partition coefficient (Wildman–Crippen LogP) is 4.29. The fraction of sp³-hybridized carbons (Fsp3) is 0.200. The molecule has 0 saturated heterocycles. The van der Waals surface area contributed by atoms with E-state index < -0.39 is 5.97 Å². The molecule has 0 fully saturated rings. The number of pyridine rings is 1. The highest BCUT2D eigenvalue weighted by molar-refractivity contribution is 6.00. The zero-order valence-electron chi connectivity index (χ0n) is 18.9. The van der Waals surface area contributed by atoms with Crippen molar-refractivity contribution in [2.45, 2.75) is 33.2 Å². The summed E-state index contributed by atoms with van der Waals surface area (Å²) in [5.41, 5.74) is 6.16. The molecule has 5 aromatic rings. The van der Waals surface area contributed by atoms with Crippen LogP contribution < -0.4 is 0 Å². The Morgan fingerprint density at radius 3 is 2.53 bits per heavy atom. The second-order valence-corrected chi connectivity index (χ2v) is 8.15. The number of carboxylic acids is 1. The van der Waals surface area contributed by atoms with Crippen LogP contribution in [-0.4, -0.2) is 46.2 Å². The van der Waals surface area contributed by atoms with Gasteiger partial charge in [-0.15, -0.1) is 5.10 Å². The Balaban J connectivity index is 1.55. The third-order valence-electron chi connectivity index (χ3n) is 5.84. The van der Waals surface area contributed by atoms with Crippen LogP contribution in [0, 0.1) is 6.92 Å². The molecule has 2 N–H and O–H groups in total. The summed E-state index contributed by atoms with van der Waals surface area (Å²) in [6.45, 7) is 4.50. The fourth-order valence-corrected chi connectivity index (χ4v) is 4.23. The molecule has 170 valence electrons. The predicted molar refractivity (Wildman–Crippen MR) is 127 cm³/mol. The summed E-state index contributed by atoms with van der Waals surface area (Å²) >= 11 is 0. The number of benzene rings is 2. The van der Waals surface area contributed by atoms with Crippen molar-refractivity contribution in [3.05, 3.63) is 77.4 Å². The van der Waals surface area contributed by atoms with Crippen molar-refractivity contribution in [3.8, 4) is 22.5 Å². The standard InChI is InChI=1S/C25H23N7O2/c1-3-6-20-27-21-15(2)13-26-22(25(33)34)23(21)32(20)14-16-9-11-17(12-10-16)18-7-4-5-8-19(18)24-28-30-31-29-24/h4-5,7-13H,3,6,14H2,1-2H3,(H,33,34)(H,28,29,30,31). The van der Waals surface area contributed by atoms with E-state index in [-0.39, 0.29) is 5.69 Å². The number of fused-ring (bicyclic) bond motifs is 1. The van der Waals surface area contributed by atoms with Crippen molar-refractivity contribution in [2.24, 2.45) is 0 Å². The van der Waals surface area contributed by atoms with Gasteiger partial charge < -0.3 is 9.67 Å². The van der Waals surface area contributed by atoms with Crippen molar-refractivity contribution in [1.82, 2.24) is 35.2 Å². The van der Waals surface area contributed by atoms with E-state index in [4.69, 9.17) is 4.98 Å². The number of aromatic nitrogens is 7. The average molecular weight is 454 g/mol. The van der Waals surface area contributed by atoms with Crippen LogP contribution in [0.15, 0.2) is 54.7 Å². The van der Waals surface area contributed by atoms with Gasteiger partial charge in [0.05, 0.1) is 5.52 Å². The number of imidazole rings is 1. The van der Waals surface area contributed by atoms with Crippen LogP contribution in [0.4, 0.5) is 0 Å². The number of hydrogen-bond donors (Lipinski definition) is 2. The van der Waals surface area contributed by atoms with Crippen LogP contribution in [0.2, 0.25) is 0 Å². The number of carbonyl (C=O) groups is 1. The van der Waals surface area contributed by atoms with E-state index in [1.807, 2.05) is 35.8 Å². The SMILES string of the molecule is CCCc1nc2c(C)cnc(C(=O)O)c2n1Cc1ccc(-c2ccccc2-c2nnn[nH]2)cc1. The molecule has 3 aromatic heterocycles. The van der Waals surface area contributed by atoms with Gasteiger partial charge in [-0.1, -0.05) is 55.5 Å². The Morgan fingerprint density at radius 1 is 1.09 bits per heavy atom. The van der Waals surface area contributed by atoms with E-state index in [1.54, 1.807) is 6.20 Å². The quantitative estimate of drug-likeness (QED) is 0.377. The lowest BCUT2D eigenvalue weighted by atomic mass is 9.98. The molecule has 0 bridgehead atoms. The highest BCUT2D eigenvalue weighted by Gasteiger charge is 2.21. The van der Waals surface area contributed by atoms with Crippen LogP contribution in [0.5, 0.6) is 0 Å². The van der Waals surface area contributed by atoms with Crippen molar-refractivity contribution in [1.29, 1.82) is 0 Å². The first-order valence-corrected chi connectivity index (χ1v) is 11.1. The number of H-pyrrole nitrogens is 1. The minimum absolute atomic E-state index is 0.0293. The molecule has 0 aliphatic carbocycles. The average Bonchev–Trinajstić information content (AvgIpc) is 3.50. The third-order valence-corrected chi connectivity index (χ3v) is 5.84. The van der Waals surface area contributed by atoms with Gasteiger partial charge in [0.2, 0.25) is 0 Å². The van der Waals surface area contributed by atoms with Crippen LogP contribution in [-0.2, 0) is 13.0 Å². The molecular formula is C25H23N7O2. The van der Waals surface area contributed by atoms with Crippen molar-refractivity contribution in [3.63, 3.8) is 0 Å². The molecule has 0 unspecified atom stereocenters. The minimum Gasteiger partial charge on any atom is -0.476 e. The number of nitrogens with zero attached hydrogens (tertiary/aromatic N) is 6. The van der Waals surface area contributed by atoms with Crippen molar-refractivity contribution in [2.75, 3.05) is 0 Å². The molecule has 0 saturated carbocycles. The highest BCUT2D eigenvalue weighted by atomic mass is 16.4. The second kappa shape index (κ2) is 8.86. The Kier molecular flexibility index (Phi) is 5.59. The first-order valence-electron chi connectivity index (χ1n) is 11.1. The van der Waals surface area contributed by atoms with E-state index in [1.165, 1.54) is 0 Å². The monoisotopic (exact) mass is 453 g/mol. The molecule has 0 amide bonds. The Hall–Kier alpha value is -4.40. The highest BCUT2D eigenvalue weighted by Crippen LogP contribution is 2.30. The Labute approximate surface area is 195 Å². The Morgan fingerprint density at radius 2 is 1.85 bits per heavy atom. The van der Waals surface area contributed by atoms with Gasteiger partial charge in [-0.2, -0.15) is 0 Å².